The fourth-order valence-corrected chi connectivity index (χ4v) is 6.35. The maximum Gasteiger partial charge on any atom is 0.273 e. The van der Waals surface area contributed by atoms with Crippen molar-refractivity contribution in [2.24, 2.45) is 35.5 Å². The molecule has 0 unspecified atom stereocenters. The summed E-state index contributed by atoms with van der Waals surface area (Å²) >= 11 is 12.1. The van der Waals surface area contributed by atoms with Crippen LogP contribution in [-0.4, -0.2) is 40.1 Å². The van der Waals surface area contributed by atoms with Gasteiger partial charge >= 0.3 is 0 Å². The Balaban J connectivity index is 1.37. The minimum atomic E-state index is -0.732. The van der Waals surface area contributed by atoms with Crippen LogP contribution in [0.2, 0.25) is 10.0 Å². The van der Waals surface area contributed by atoms with Crippen LogP contribution >= 0.6 is 23.2 Å². The zero-order chi connectivity index (χ0) is 24.6. The molecular formula is C26H19Cl2FN2O4. The molecule has 6 nitrogen and oxygen atoms in total. The van der Waals surface area contributed by atoms with Crippen molar-refractivity contribution >= 4 is 46.7 Å². The van der Waals surface area contributed by atoms with E-state index in [1.165, 1.54) is 30.3 Å². The predicted molar refractivity (Wildman–Crippen MR) is 125 cm³/mol. The Morgan fingerprint density at radius 3 is 2.03 bits per heavy atom. The van der Waals surface area contributed by atoms with Gasteiger partial charge in [-0.05, 0) is 72.6 Å². The average molecular weight is 513 g/mol. The molecule has 178 valence electrons. The Bertz CT molecular complexity index is 1290. The lowest BCUT2D eigenvalue weighted by Crippen LogP contribution is -2.52. The molecule has 2 saturated carbocycles. The van der Waals surface area contributed by atoms with Gasteiger partial charge in [-0.15, -0.1) is 0 Å². The van der Waals surface area contributed by atoms with E-state index in [0.29, 0.717) is 11.8 Å². The highest BCUT2D eigenvalue weighted by molar-refractivity contribution is 6.42. The number of nitrogens with zero attached hydrogens (tertiary/aromatic N) is 2. The molecule has 3 amide bonds. The number of hydrazine groups is 1. The largest absolute Gasteiger partial charge is 0.292 e. The number of hydrogen-bond donors (Lipinski definition) is 0. The van der Waals surface area contributed by atoms with Crippen molar-refractivity contribution in [2.75, 3.05) is 6.54 Å². The quantitative estimate of drug-likeness (QED) is 0.337. The van der Waals surface area contributed by atoms with Crippen molar-refractivity contribution in [1.82, 2.24) is 10.0 Å². The standard InChI is InChI=1S/C26H19Cl2FN2O4/c27-19-8-3-13(9-20(19)28)24(33)30(11-21(32)12-1-4-14(29)5-2-12)31-25(34)22-15-6-7-16(18-10-17(15)18)23(22)26(31)35/h1-9,15-18,22-23H,10-11H2/t15-,16-,17-,18+,22+,23+/m0/s1. The number of Topliss-reactive ketones (excluding diaryl/α,β-unsaturated/α-hetero) is 1. The summed E-state index contributed by atoms with van der Waals surface area (Å²) in [5, 5.41) is 2.12. The third-order valence-electron chi connectivity index (χ3n) is 7.74. The number of allylic oxidation sites excluding steroid dienone is 2. The highest BCUT2D eigenvalue weighted by Crippen LogP contribution is 2.65. The maximum absolute atomic E-state index is 13.6. The first-order valence-corrected chi connectivity index (χ1v) is 12.1. The van der Waals surface area contributed by atoms with E-state index in [4.69, 9.17) is 23.2 Å². The van der Waals surface area contributed by atoms with Crippen LogP contribution in [0.1, 0.15) is 27.1 Å². The summed E-state index contributed by atoms with van der Waals surface area (Å²) in [6.07, 6.45) is 5.07. The molecule has 0 N–H and O–H groups in total. The van der Waals surface area contributed by atoms with E-state index >= 15 is 0 Å². The summed E-state index contributed by atoms with van der Waals surface area (Å²) in [6.45, 7) is -0.572. The summed E-state index contributed by atoms with van der Waals surface area (Å²) in [5.41, 5.74) is 0.226. The molecule has 2 aromatic rings. The lowest BCUT2D eigenvalue weighted by atomic mass is 9.63. The van der Waals surface area contributed by atoms with Gasteiger partial charge < -0.3 is 0 Å². The van der Waals surface area contributed by atoms with E-state index in [9.17, 15) is 23.6 Å². The summed E-state index contributed by atoms with van der Waals surface area (Å²) in [6, 6.07) is 9.05. The molecule has 0 spiro atoms. The first-order chi connectivity index (χ1) is 16.8. The number of carbonyl (C=O) groups is 4. The predicted octanol–water partition coefficient (Wildman–Crippen LogP) is 4.43. The van der Waals surface area contributed by atoms with Gasteiger partial charge in [0.2, 0.25) is 0 Å². The second kappa shape index (κ2) is 8.00. The van der Waals surface area contributed by atoms with Crippen molar-refractivity contribution in [1.29, 1.82) is 0 Å². The van der Waals surface area contributed by atoms with Crippen molar-refractivity contribution < 1.29 is 23.6 Å². The normalized spacial score (nSPS) is 29.7. The van der Waals surface area contributed by atoms with Crippen molar-refractivity contribution in [3.8, 4) is 0 Å². The summed E-state index contributed by atoms with van der Waals surface area (Å²) < 4.78 is 13.4. The molecule has 1 saturated heterocycles. The highest BCUT2D eigenvalue weighted by Gasteiger charge is 2.68. The Labute approximate surface area is 210 Å². The Kier molecular flexibility index (Phi) is 5.13. The van der Waals surface area contributed by atoms with Gasteiger partial charge in [0.05, 0.1) is 21.9 Å². The number of rotatable bonds is 5. The Morgan fingerprint density at radius 2 is 1.46 bits per heavy atom. The SMILES string of the molecule is O=C(CN(C(=O)c1ccc(Cl)c(Cl)c1)N1C(=O)[C@@H]2[C@H]3C=C[C@@H]([C@@H]4C[C@H]34)[C@H]2C1=O)c1ccc(F)cc1. The molecule has 2 aromatic carbocycles. The summed E-state index contributed by atoms with van der Waals surface area (Å²) in [7, 11) is 0. The Morgan fingerprint density at radius 1 is 0.886 bits per heavy atom. The fourth-order valence-electron chi connectivity index (χ4n) is 6.05. The highest BCUT2D eigenvalue weighted by atomic mass is 35.5. The third kappa shape index (κ3) is 3.44. The van der Waals surface area contributed by atoms with Gasteiger partial charge in [-0.1, -0.05) is 35.4 Å². The number of amides is 3. The first-order valence-electron chi connectivity index (χ1n) is 11.4. The number of imide groups is 1. The molecule has 2 bridgehead atoms. The molecule has 1 heterocycles. The Hall–Kier alpha value is -3.03. The van der Waals surface area contributed by atoms with E-state index in [2.05, 4.69) is 0 Å². The van der Waals surface area contributed by atoms with E-state index in [1.54, 1.807) is 0 Å². The van der Waals surface area contributed by atoms with Crippen LogP contribution < -0.4 is 0 Å². The van der Waals surface area contributed by atoms with Crippen LogP contribution in [0.3, 0.4) is 0 Å². The second-order valence-corrected chi connectivity index (χ2v) is 10.4. The number of carbonyl (C=O) groups excluding carboxylic acids is 4. The molecule has 35 heavy (non-hydrogen) atoms. The topological polar surface area (TPSA) is 74.8 Å². The smallest absolute Gasteiger partial charge is 0.273 e. The lowest BCUT2D eigenvalue weighted by Gasteiger charge is -2.37. The van der Waals surface area contributed by atoms with Crippen LogP contribution in [0, 0.1) is 41.3 Å². The van der Waals surface area contributed by atoms with E-state index in [0.717, 1.165) is 28.6 Å². The van der Waals surface area contributed by atoms with Gasteiger partial charge in [0, 0.05) is 11.1 Å². The molecule has 6 atom stereocenters. The monoisotopic (exact) mass is 512 g/mol. The molecule has 3 fully saturated rings. The average Bonchev–Trinajstić information content (AvgIpc) is 3.63. The number of halogens is 3. The van der Waals surface area contributed by atoms with Gasteiger partial charge in [-0.3, -0.25) is 19.2 Å². The number of ketones is 1. The third-order valence-corrected chi connectivity index (χ3v) is 8.48. The van der Waals surface area contributed by atoms with Crippen LogP contribution in [-0.2, 0) is 9.59 Å². The van der Waals surface area contributed by atoms with Crippen LogP contribution in [0.4, 0.5) is 4.39 Å². The van der Waals surface area contributed by atoms with Crippen molar-refractivity contribution in [2.45, 2.75) is 6.42 Å². The van der Waals surface area contributed by atoms with Crippen LogP contribution in [0.15, 0.2) is 54.6 Å². The molecule has 0 radical (unpaired) electrons. The summed E-state index contributed by atoms with van der Waals surface area (Å²) in [4.78, 5) is 54.0. The van der Waals surface area contributed by atoms with Gasteiger partial charge in [-0.25, -0.2) is 9.40 Å². The second-order valence-electron chi connectivity index (χ2n) is 9.56. The van der Waals surface area contributed by atoms with Crippen LogP contribution in [0.25, 0.3) is 0 Å². The van der Waals surface area contributed by atoms with E-state index in [-0.39, 0.29) is 33.0 Å². The zero-order valence-corrected chi connectivity index (χ0v) is 19.7. The molecule has 5 aliphatic rings. The van der Waals surface area contributed by atoms with Gasteiger partial charge in [0.15, 0.2) is 5.78 Å². The maximum atomic E-state index is 13.6. The number of hydrogen-bond acceptors (Lipinski definition) is 4. The van der Waals surface area contributed by atoms with Crippen molar-refractivity contribution in [3.05, 3.63) is 81.6 Å². The van der Waals surface area contributed by atoms with E-state index in [1.807, 2.05) is 12.2 Å². The fraction of sp³-hybridized carbons (Fsp3) is 0.308. The molecule has 9 heteroatoms. The molecule has 0 aromatic heterocycles. The zero-order valence-electron chi connectivity index (χ0n) is 18.2. The molecular weight excluding hydrogens is 494 g/mol. The molecule has 4 aliphatic carbocycles. The minimum Gasteiger partial charge on any atom is -0.292 e. The summed E-state index contributed by atoms with van der Waals surface area (Å²) in [5.74, 6) is -3.08. The van der Waals surface area contributed by atoms with Gasteiger partial charge in [-0.2, -0.15) is 5.01 Å². The van der Waals surface area contributed by atoms with Crippen LogP contribution in [0.5, 0.6) is 0 Å². The van der Waals surface area contributed by atoms with Gasteiger partial charge in [0.25, 0.3) is 17.7 Å². The molecule has 1 aliphatic heterocycles. The minimum absolute atomic E-state index is 0.0359. The first kappa shape index (κ1) is 22.4. The van der Waals surface area contributed by atoms with Crippen molar-refractivity contribution in [3.63, 3.8) is 0 Å². The number of benzene rings is 2. The lowest BCUT2D eigenvalue weighted by molar-refractivity contribution is -0.154. The molecule has 7 rings (SSSR count). The van der Waals surface area contributed by atoms with E-state index < -0.39 is 47.7 Å². The van der Waals surface area contributed by atoms with Gasteiger partial charge in [0.1, 0.15) is 12.4 Å².